The van der Waals surface area contributed by atoms with E-state index >= 15 is 0 Å². The Bertz CT molecular complexity index is 954. The van der Waals surface area contributed by atoms with Crippen molar-refractivity contribution >= 4 is 30.4 Å². The molecule has 160 valence electrons. The Hall–Kier alpha value is -2.27. The first-order valence-electron chi connectivity index (χ1n) is 9.70. The van der Waals surface area contributed by atoms with E-state index < -0.39 is 8.07 Å². The molecule has 1 N–H and O–H groups in total. The largest absolute Gasteiger partial charge is 3.00 e. The molecule has 0 saturated heterocycles. The van der Waals surface area contributed by atoms with Crippen molar-refractivity contribution in [3.63, 3.8) is 0 Å². The van der Waals surface area contributed by atoms with Crippen molar-refractivity contribution < 1.29 is 19.5 Å². The number of hydrogen-bond donors (Lipinski definition) is 1. The van der Waals surface area contributed by atoms with Gasteiger partial charge in [0.15, 0.2) is 8.07 Å². The molecule has 0 atom stereocenters. The Morgan fingerprint density at radius 1 is 0.742 bits per heavy atom. The molecule has 1 aliphatic carbocycles. The van der Waals surface area contributed by atoms with E-state index in [4.69, 9.17) is 0 Å². The summed E-state index contributed by atoms with van der Waals surface area (Å²) >= 11 is 0. The average Bonchev–Trinajstić information content (AvgIpc) is 2.78. The monoisotopic (exact) mass is 514 g/mol. The minimum Gasteiger partial charge on any atom is -0.358 e. The minimum atomic E-state index is -1.14. The zero-order valence-corrected chi connectivity index (χ0v) is 20.8. The van der Waals surface area contributed by atoms with Crippen molar-refractivity contribution in [2.24, 2.45) is 0 Å². The van der Waals surface area contributed by atoms with Gasteiger partial charge in [-0.1, -0.05) is 66.6 Å². The summed E-state index contributed by atoms with van der Waals surface area (Å²) in [6, 6.07) is 30.0. The molecule has 1 nitrogen and oxygen atoms in total. The molecule has 3 aromatic rings. The molecule has 31 heavy (non-hydrogen) atoms. The molecule has 0 amide bonds. The second kappa shape index (κ2) is 13.9. The van der Waals surface area contributed by atoms with Gasteiger partial charge in [0.05, 0.1) is 0 Å². The van der Waals surface area contributed by atoms with Gasteiger partial charge in [-0.25, -0.2) is 0 Å². The smallest absolute Gasteiger partial charge is 0.358 e. The Balaban J connectivity index is 0.00000160. The first kappa shape index (κ1) is 26.8. The summed E-state index contributed by atoms with van der Waals surface area (Å²) in [5, 5.41) is 6.55. The first-order valence-corrected chi connectivity index (χ1v) is 11.2. The van der Waals surface area contributed by atoms with Crippen LogP contribution in [0.25, 0.3) is 6.08 Å². The van der Waals surface area contributed by atoms with Crippen LogP contribution in [0.5, 0.6) is 0 Å². The van der Waals surface area contributed by atoms with Gasteiger partial charge in [0.2, 0.25) is 0 Å². The molecule has 0 aromatic heterocycles. The third kappa shape index (κ3) is 7.43. The van der Waals surface area contributed by atoms with Gasteiger partial charge in [0.1, 0.15) is 10.6 Å². The Labute approximate surface area is 202 Å². The van der Waals surface area contributed by atoms with Gasteiger partial charge in [-0.2, -0.15) is 11.6 Å². The van der Waals surface area contributed by atoms with Gasteiger partial charge >= 0.3 is 19.5 Å². The van der Waals surface area contributed by atoms with E-state index in [0.29, 0.717) is 0 Å². The standard InChI is InChI=1S/C26H23NP.2CH3.Rh/c1-4-12-22(13-5-1)20-21-23-14-10-11-19-26(23)27-28(24-15-6-2-7-16-24)25-17-8-3-9-18-25;;;/h2-4,6-19,21,27H,1,5H2;2*1H3;/q3*-1;+3/p+1. The molecule has 3 aromatic carbocycles. The number of nitrogens with one attached hydrogen (secondary N) is 1. The molecule has 0 aliphatic heterocycles. The number of para-hydroxylation sites is 1. The Kier molecular flexibility index (Phi) is 12.0. The fraction of sp³-hybridized carbons (Fsp3) is 0.0714. The summed E-state index contributed by atoms with van der Waals surface area (Å²) in [4.78, 5) is 0. The first-order chi connectivity index (χ1) is 13.9. The van der Waals surface area contributed by atoms with Crippen LogP contribution in [0.15, 0.2) is 109 Å². The van der Waals surface area contributed by atoms with Crippen LogP contribution in [-0.4, -0.2) is 0 Å². The molecular weight excluding hydrogens is 484 g/mol. The van der Waals surface area contributed by atoms with Gasteiger partial charge in [0.25, 0.3) is 0 Å². The van der Waals surface area contributed by atoms with Gasteiger partial charge < -0.3 is 14.9 Å². The van der Waals surface area contributed by atoms with E-state index in [1.54, 1.807) is 0 Å². The van der Waals surface area contributed by atoms with E-state index in [-0.39, 0.29) is 34.3 Å². The maximum atomic E-state index is 3.86. The summed E-state index contributed by atoms with van der Waals surface area (Å²) in [5.74, 6) is 0. The molecule has 0 radical (unpaired) electrons. The molecule has 0 saturated carbocycles. The molecule has 0 fully saturated rings. The van der Waals surface area contributed by atoms with Crippen LogP contribution < -0.4 is 15.7 Å². The summed E-state index contributed by atoms with van der Waals surface area (Å²) in [6.45, 7) is 0. The van der Waals surface area contributed by atoms with E-state index in [0.717, 1.165) is 29.7 Å². The number of allylic oxidation sites excluding steroid dienone is 5. The predicted octanol–water partition coefficient (Wildman–Crippen LogP) is 6.87. The zero-order valence-electron chi connectivity index (χ0n) is 18.1. The van der Waals surface area contributed by atoms with E-state index in [9.17, 15) is 0 Å². The third-order valence-corrected chi connectivity index (χ3v) is 7.08. The maximum absolute atomic E-state index is 3.86. The molecule has 0 unspecified atom stereocenters. The van der Waals surface area contributed by atoms with E-state index in [2.05, 4.69) is 120 Å². The predicted molar refractivity (Wildman–Crippen MR) is 138 cm³/mol. The van der Waals surface area contributed by atoms with Crippen LogP contribution >= 0.6 is 8.07 Å². The van der Waals surface area contributed by atoms with Crippen molar-refractivity contribution in [1.29, 1.82) is 0 Å². The van der Waals surface area contributed by atoms with Crippen LogP contribution in [0, 0.1) is 20.9 Å². The minimum absolute atomic E-state index is 0. The van der Waals surface area contributed by atoms with Crippen LogP contribution in [-0.2, 0) is 19.5 Å². The van der Waals surface area contributed by atoms with Crippen molar-refractivity contribution in [3.8, 4) is 0 Å². The fourth-order valence-corrected chi connectivity index (χ4v) is 5.44. The van der Waals surface area contributed by atoms with Gasteiger partial charge in [-0.05, 0) is 36.8 Å². The Morgan fingerprint density at radius 3 is 1.90 bits per heavy atom. The SMILES string of the molecule is [C-](=Cc1ccccc1N[PH+](c1ccccc1)c1ccccc1)C1=CCCC=C1.[CH3-].[CH3-].[Rh+3]. The molecule has 0 bridgehead atoms. The number of rotatable bonds is 6. The molecule has 0 spiro atoms. The van der Waals surface area contributed by atoms with E-state index in [1.165, 1.54) is 10.6 Å². The second-order valence-electron chi connectivity index (χ2n) is 6.75. The molecule has 3 heteroatoms. The van der Waals surface area contributed by atoms with E-state index in [1.807, 2.05) is 0 Å². The summed E-state index contributed by atoms with van der Waals surface area (Å²) < 4.78 is 0. The molecule has 4 rings (SSSR count). The third-order valence-electron chi connectivity index (χ3n) is 4.73. The molecule has 1 aliphatic rings. The number of anilines is 1. The van der Waals surface area contributed by atoms with Crippen LogP contribution in [0.2, 0.25) is 0 Å². The summed E-state index contributed by atoms with van der Waals surface area (Å²) in [5.41, 5.74) is 3.48. The second-order valence-corrected chi connectivity index (χ2v) is 8.90. The average molecular weight is 514 g/mol. The Morgan fingerprint density at radius 2 is 1.32 bits per heavy atom. The maximum Gasteiger partial charge on any atom is 3.00 e. The fourth-order valence-electron chi connectivity index (χ4n) is 3.27. The summed E-state index contributed by atoms with van der Waals surface area (Å²) in [6.07, 6.45) is 14.4. The van der Waals surface area contributed by atoms with Crippen molar-refractivity contribution in [2.75, 3.05) is 5.09 Å². The van der Waals surface area contributed by atoms with Gasteiger partial charge in [-0.3, -0.25) is 5.09 Å². The molecule has 0 heterocycles. The van der Waals surface area contributed by atoms with Crippen LogP contribution in [0.1, 0.15) is 18.4 Å². The van der Waals surface area contributed by atoms with Gasteiger partial charge in [-0.15, -0.1) is 24.3 Å². The normalized spacial score (nSPS) is 12.4. The number of benzene rings is 3. The van der Waals surface area contributed by atoms with Crippen molar-refractivity contribution in [3.05, 3.63) is 135 Å². The van der Waals surface area contributed by atoms with Crippen LogP contribution in [0.4, 0.5) is 5.69 Å². The van der Waals surface area contributed by atoms with Crippen molar-refractivity contribution in [2.45, 2.75) is 12.8 Å². The number of hydrogen-bond acceptors (Lipinski definition) is 1. The van der Waals surface area contributed by atoms with Crippen molar-refractivity contribution in [1.82, 2.24) is 0 Å². The molecular formula is C28H30NPRh+. The van der Waals surface area contributed by atoms with Crippen LogP contribution in [0.3, 0.4) is 0 Å². The van der Waals surface area contributed by atoms with Gasteiger partial charge in [0, 0.05) is 5.69 Å². The zero-order chi connectivity index (χ0) is 19.0. The topological polar surface area (TPSA) is 12.0 Å². The summed E-state index contributed by atoms with van der Waals surface area (Å²) in [7, 11) is -1.14. The quantitative estimate of drug-likeness (QED) is 0.215.